The van der Waals surface area contributed by atoms with Gasteiger partial charge in [-0.1, -0.05) is 89.9 Å². The molecule has 0 saturated heterocycles. The number of aromatic nitrogens is 3. The van der Waals surface area contributed by atoms with Crippen molar-refractivity contribution in [3.63, 3.8) is 0 Å². The predicted molar refractivity (Wildman–Crippen MR) is 202 cm³/mol. The van der Waals surface area contributed by atoms with Crippen molar-refractivity contribution in [2.24, 2.45) is 7.05 Å². The monoisotopic (exact) mass is 823 g/mol. The van der Waals surface area contributed by atoms with Crippen LogP contribution in [-0.4, -0.2) is 21.2 Å². The van der Waals surface area contributed by atoms with Crippen molar-refractivity contribution in [1.29, 1.82) is 0 Å². The van der Waals surface area contributed by atoms with Crippen molar-refractivity contribution in [3.05, 3.63) is 158 Å². The zero-order valence-electron chi connectivity index (χ0n) is 27.4. The first-order chi connectivity index (χ1) is 24.1. The molecular formula is C44H30N5Pt-3. The molecule has 0 spiro atoms. The molecule has 0 bridgehead atoms. The van der Waals surface area contributed by atoms with Crippen LogP contribution in [0.1, 0.15) is 0 Å². The third-order valence-electron chi connectivity index (χ3n) is 9.88. The molecule has 5 nitrogen and oxygen atoms in total. The normalized spacial score (nSPS) is 12.7. The van der Waals surface area contributed by atoms with Gasteiger partial charge in [0.2, 0.25) is 0 Å². The van der Waals surface area contributed by atoms with Gasteiger partial charge in [0.1, 0.15) is 0 Å². The van der Waals surface area contributed by atoms with Crippen LogP contribution in [0, 0.1) is 18.8 Å². The summed E-state index contributed by atoms with van der Waals surface area (Å²) in [7, 11) is 4.16. The number of imidazole rings is 1. The number of benzene rings is 7. The van der Waals surface area contributed by atoms with E-state index in [2.05, 4.69) is 185 Å². The quantitative estimate of drug-likeness (QED) is 0.166. The van der Waals surface area contributed by atoms with E-state index in [9.17, 15) is 0 Å². The van der Waals surface area contributed by atoms with E-state index in [0.717, 1.165) is 55.9 Å². The molecule has 1 aliphatic heterocycles. The Balaban J connectivity index is 0.00000336. The maximum absolute atomic E-state index is 5.02. The largest absolute Gasteiger partial charge is 0.504 e. The van der Waals surface area contributed by atoms with Crippen molar-refractivity contribution < 1.29 is 21.1 Å². The van der Waals surface area contributed by atoms with E-state index in [0.29, 0.717) is 0 Å². The fourth-order valence-corrected chi connectivity index (χ4v) is 7.53. The number of para-hydroxylation sites is 4. The Kier molecular flexibility index (Phi) is 7.15. The summed E-state index contributed by atoms with van der Waals surface area (Å²) in [6, 6.07) is 57.1. The Bertz CT molecular complexity index is 2750. The van der Waals surface area contributed by atoms with Crippen LogP contribution < -0.4 is 9.80 Å². The van der Waals surface area contributed by atoms with Crippen molar-refractivity contribution in [1.82, 2.24) is 14.1 Å². The minimum atomic E-state index is 0. The van der Waals surface area contributed by atoms with Gasteiger partial charge in [-0.15, -0.1) is 47.6 Å². The molecule has 6 heteroatoms. The van der Waals surface area contributed by atoms with Crippen LogP contribution in [0.3, 0.4) is 0 Å². The Morgan fingerprint density at radius 2 is 1.36 bits per heavy atom. The molecule has 1 aliphatic rings. The number of nitrogens with zero attached hydrogens (tertiary/aromatic N) is 5. The van der Waals surface area contributed by atoms with Gasteiger partial charge in [0.15, 0.2) is 0 Å². The van der Waals surface area contributed by atoms with E-state index in [1.807, 2.05) is 6.07 Å². The van der Waals surface area contributed by atoms with E-state index in [4.69, 9.17) is 4.98 Å². The predicted octanol–water partition coefficient (Wildman–Crippen LogP) is 10.5. The van der Waals surface area contributed by atoms with E-state index < -0.39 is 0 Å². The molecule has 0 amide bonds. The van der Waals surface area contributed by atoms with Crippen LogP contribution in [0.4, 0.5) is 17.1 Å². The summed E-state index contributed by atoms with van der Waals surface area (Å²) in [5, 5.41) is 4.79. The van der Waals surface area contributed by atoms with Gasteiger partial charge in [-0.2, -0.15) is 12.7 Å². The van der Waals surface area contributed by atoms with Gasteiger partial charge in [0.05, 0.1) is 16.9 Å². The molecule has 0 fully saturated rings. The topological polar surface area (TPSA) is 29.2 Å². The van der Waals surface area contributed by atoms with Crippen LogP contribution in [-0.2, 0) is 28.1 Å². The summed E-state index contributed by atoms with van der Waals surface area (Å²) >= 11 is 0. The third kappa shape index (κ3) is 4.61. The zero-order valence-corrected chi connectivity index (χ0v) is 29.7. The summed E-state index contributed by atoms with van der Waals surface area (Å²) in [6.07, 6.45) is 0. The second kappa shape index (κ2) is 11.8. The van der Waals surface area contributed by atoms with Crippen LogP contribution in [0.15, 0.2) is 140 Å². The Morgan fingerprint density at radius 3 is 2.26 bits per heavy atom. The molecule has 9 aromatic rings. The average Bonchev–Trinajstić information content (AvgIpc) is 3.79. The first-order valence-electron chi connectivity index (χ1n) is 16.5. The standard InChI is InChI=1S/C44H30N5.Pt/c1-46-28-48(42-20-8-7-19-41(42)46)32-13-10-14-33(27-32)49-39-24-22-30(35-16-9-12-29-11-3-4-15-34(29)35)25-37(39)36-23-21-31(26-43(36)49)44-45-38-17-5-6-18-40(38)47(44)2;/h3-25,28H,1-2H3;/q-3;. The van der Waals surface area contributed by atoms with Crippen molar-refractivity contribution in [2.75, 3.05) is 16.8 Å². The smallest absolute Gasteiger partial charge is 0.0770 e. The fraction of sp³-hybridized carbons (Fsp3) is 0.0455. The molecule has 0 N–H and O–H groups in total. The van der Waals surface area contributed by atoms with E-state index in [1.54, 1.807) is 0 Å². The Hall–Kier alpha value is -5.64. The molecule has 0 atom stereocenters. The van der Waals surface area contributed by atoms with Gasteiger partial charge < -0.3 is 18.9 Å². The van der Waals surface area contributed by atoms with Gasteiger partial charge in [-0.05, 0) is 70.2 Å². The second-order valence-corrected chi connectivity index (χ2v) is 12.7. The van der Waals surface area contributed by atoms with Crippen LogP contribution in [0.2, 0.25) is 0 Å². The molecule has 0 radical (unpaired) electrons. The number of hydrogen-bond donors (Lipinski definition) is 0. The summed E-state index contributed by atoms with van der Waals surface area (Å²) in [5.74, 6) is 0.889. The van der Waals surface area contributed by atoms with Crippen LogP contribution >= 0.6 is 0 Å². The molecule has 2 aromatic heterocycles. The van der Waals surface area contributed by atoms with Gasteiger partial charge in [-0.25, -0.2) is 0 Å². The zero-order chi connectivity index (χ0) is 32.6. The Morgan fingerprint density at radius 1 is 0.600 bits per heavy atom. The molecule has 244 valence electrons. The van der Waals surface area contributed by atoms with E-state index in [-0.39, 0.29) is 21.1 Å². The number of aryl methyl sites for hydroxylation is 1. The molecule has 3 heterocycles. The average molecular weight is 824 g/mol. The van der Waals surface area contributed by atoms with Crippen LogP contribution in [0.5, 0.6) is 0 Å². The third-order valence-corrected chi connectivity index (χ3v) is 9.88. The van der Waals surface area contributed by atoms with Gasteiger partial charge in [0.25, 0.3) is 0 Å². The maximum Gasteiger partial charge on any atom is 0.0770 e. The molecule has 0 unspecified atom stereocenters. The first kappa shape index (κ1) is 30.4. The number of rotatable bonds is 4. The molecule has 0 aliphatic carbocycles. The summed E-state index contributed by atoms with van der Waals surface area (Å²) in [6.45, 7) is 2.12. The molecule has 50 heavy (non-hydrogen) atoms. The minimum absolute atomic E-state index is 0. The summed E-state index contributed by atoms with van der Waals surface area (Å²) < 4.78 is 4.46. The van der Waals surface area contributed by atoms with E-state index >= 15 is 0 Å². The first-order valence-corrected chi connectivity index (χ1v) is 16.5. The van der Waals surface area contributed by atoms with Crippen LogP contribution in [0.25, 0.3) is 71.8 Å². The maximum atomic E-state index is 5.02. The van der Waals surface area contributed by atoms with Gasteiger partial charge in [-0.3, -0.25) is 4.98 Å². The van der Waals surface area contributed by atoms with Gasteiger partial charge in [0, 0.05) is 45.0 Å². The molecule has 7 aromatic carbocycles. The molecule has 10 rings (SSSR count). The number of anilines is 3. The van der Waals surface area contributed by atoms with Crippen molar-refractivity contribution in [3.8, 4) is 28.2 Å². The van der Waals surface area contributed by atoms with E-state index in [1.165, 1.54) is 33.0 Å². The number of hydrogen-bond acceptors (Lipinski definition) is 3. The van der Waals surface area contributed by atoms with Crippen molar-refractivity contribution in [2.45, 2.75) is 0 Å². The summed E-state index contributed by atoms with van der Waals surface area (Å²) in [4.78, 5) is 9.39. The van der Waals surface area contributed by atoms with Crippen molar-refractivity contribution >= 4 is 60.7 Å². The SMILES string of the molecule is CN1[CH-]N(c2[c-]c(-n3c4[c-]c(-c5nc6ccccc6n5C)ccc4c4cc(-c5cccc6ccccc56)ccc43)ccc2)c2ccccc21.[Pt]. The molecular weight excluding hydrogens is 794 g/mol. The van der Waals surface area contributed by atoms with Gasteiger partial charge >= 0.3 is 0 Å². The summed E-state index contributed by atoms with van der Waals surface area (Å²) in [5.41, 5.74) is 11.8. The number of fused-ring (bicyclic) bond motifs is 6. The minimum Gasteiger partial charge on any atom is -0.504 e. The fourth-order valence-electron chi connectivity index (χ4n) is 7.53. The Labute approximate surface area is 304 Å². The molecule has 0 saturated carbocycles. The second-order valence-electron chi connectivity index (χ2n) is 12.7.